The van der Waals surface area contributed by atoms with Gasteiger partial charge in [-0.1, -0.05) is 46.4 Å². The molecule has 2 N–H and O–H groups in total. The van der Waals surface area contributed by atoms with Gasteiger partial charge in [0.05, 0.1) is 10.0 Å². The van der Waals surface area contributed by atoms with E-state index in [0.29, 0.717) is 0 Å². The fraction of sp³-hybridized carbons (Fsp3) is 0.294. The topological polar surface area (TPSA) is 84.0 Å². The SMILES string of the molecule is O=C(NCC(NC(=O)c1nc(Cl)ccc1Cl)C1CC1)c1nc(Cl)ccc1Cl. The van der Waals surface area contributed by atoms with Crippen molar-refractivity contribution >= 4 is 58.2 Å². The highest BCUT2D eigenvalue weighted by Gasteiger charge is 2.33. The summed E-state index contributed by atoms with van der Waals surface area (Å²) in [6, 6.07) is 5.72. The van der Waals surface area contributed by atoms with Gasteiger partial charge in [-0.25, -0.2) is 9.97 Å². The summed E-state index contributed by atoms with van der Waals surface area (Å²) in [5, 5.41) is 6.32. The van der Waals surface area contributed by atoms with Crippen LogP contribution in [0.1, 0.15) is 33.8 Å². The van der Waals surface area contributed by atoms with Crippen molar-refractivity contribution < 1.29 is 9.59 Å². The van der Waals surface area contributed by atoms with Crippen molar-refractivity contribution in [2.75, 3.05) is 6.54 Å². The molecule has 6 nitrogen and oxygen atoms in total. The minimum atomic E-state index is -0.471. The molecule has 0 saturated heterocycles. The maximum Gasteiger partial charge on any atom is 0.271 e. The van der Waals surface area contributed by atoms with E-state index in [4.69, 9.17) is 46.4 Å². The Morgan fingerprint density at radius 2 is 1.44 bits per heavy atom. The van der Waals surface area contributed by atoms with E-state index in [9.17, 15) is 9.59 Å². The monoisotopic (exact) mass is 446 g/mol. The van der Waals surface area contributed by atoms with Crippen LogP contribution in [0.25, 0.3) is 0 Å². The first-order valence-corrected chi connectivity index (χ1v) is 9.59. The van der Waals surface area contributed by atoms with Crippen LogP contribution in [0.15, 0.2) is 24.3 Å². The van der Waals surface area contributed by atoms with Crippen LogP contribution in [0.2, 0.25) is 20.4 Å². The smallest absolute Gasteiger partial charge is 0.271 e. The number of nitrogens with zero attached hydrogens (tertiary/aromatic N) is 2. The van der Waals surface area contributed by atoms with E-state index in [1.165, 1.54) is 24.3 Å². The van der Waals surface area contributed by atoms with Crippen LogP contribution >= 0.6 is 46.4 Å². The molecule has 1 fully saturated rings. The Morgan fingerprint density at radius 1 is 0.926 bits per heavy atom. The van der Waals surface area contributed by atoms with Crippen molar-refractivity contribution in [3.05, 3.63) is 56.0 Å². The molecule has 1 unspecified atom stereocenters. The number of carbonyl (C=O) groups is 2. The lowest BCUT2D eigenvalue weighted by molar-refractivity contribution is 0.0898. The Balaban J connectivity index is 1.66. The molecule has 0 aliphatic heterocycles. The van der Waals surface area contributed by atoms with Crippen LogP contribution in [-0.4, -0.2) is 34.4 Å². The number of rotatable bonds is 6. The first kappa shape index (κ1) is 20.1. The molecule has 2 heterocycles. The lowest BCUT2D eigenvalue weighted by atomic mass is 10.1. The van der Waals surface area contributed by atoms with E-state index in [-0.39, 0.29) is 50.2 Å². The van der Waals surface area contributed by atoms with Gasteiger partial charge in [-0.2, -0.15) is 0 Å². The maximum absolute atomic E-state index is 12.5. The fourth-order valence-electron chi connectivity index (χ4n) is 2.51. The second kappa shape index (κ2) is 8.61. The molecule has 0 radical (unpaired) electrons. The van der Waals surface area contributed by atoms with Gasteiger partial charge in [0.1, 0.15) is 21.7 Å². The molecular formula is C17H14Cl4N4O2. The van der Waals surface area contributed by atoms with E-state index >= 15 is 0 Å². The van der Waals surface area contributed by atoms with Gasteiger partial charge in [-0.15, -0.1) is 0 Å². The second-order valence-electron chi connectivity index (χ2n) is 6.06. The van der Waals surface area contributed by atoms with Crippen molar-refractivity contribution in [1.29, 1.82) is 0 Å². The summed E-state index contributed by atoms with van der Waals surface area (Å²) in [7, 11) is 0. The van der Waals surface area contributed by atoms with E-state index in [2.05, 4.69) is 20.6 Å². The number of nitrogens with one attached hydrogen (secondary N) is 2. The minimum Gasteiger partial charge on any atom is -0.349 e. The molecule has 27 heavy (non-hydrogen) atoms. The Morgan fingerprint density at radius 3 is 1.96 bits per heavy atom. The van der Waals surface area contributed by atoms with Gasteiger partial charge >= 0.3 is 0 Å². The molecule has 0 spiro atoms. The minimum absolute atomic E-state index is 0.0320. The molecule has 10 heteroatoms. The first-order chi connectivity index (χ1) is 12.8. The largest absolute Gasteiger partial charge is 0.349 e. The lowest BCUT2D eigenvalue weighted by Gasteiger charge is -2.19. The van der Waals surface area contributed by atoms with Crippen molar-refractivity contribution in [2.24, 2.45) is 5.92 Å². The summed E-state index contributed by atoms with van der Waals surface area (Å²) in [6.07, 6.45) is 1.90. The van der Waals surface area contributed by atoms with Gasteiger partial charge in [0.2, 0.25) is 0 Å². The van der Waals surface area contributed by atoms with Crippen LogP contribution in [0.5, 0.6) is 0 Å². The van der Waals surface area contributed by atoms with Crippen LogP contribution in [0, 0.1) is 5.92 Å². The Hall–Kier alpha value is -1.60. The Kier molecular flexibility index (Phi) is 6.42. The third kappa shape index (κ3) is 5.23. The normalized spacial score (nSPS) is 14.5. The zero-order valence-electron chi connectivity index (χ0n) is 13.8. The van der Waals surface area contributed by atoms with E-state index in [1.54, 1.807) is 0 Å². The molecule has 1 aliphatic carbocycles. The van der Waals surface area contributed by atoms with Gasteiger partial charge in [0, 0.05) is 12.6 Å². The van der Waals surface area contributed by atoms with Crippen LogP contribution in [0.4, 0.5) is 0 Å². The van der Waals surface area contributed by atoms with E-state index < -0.39 is 11.8 Å². The predicted octanol–water partition coefficient (Wildman–Crippen LogP) is 4.03. The van der Waals surface area contributed by atoms with Crippen molar-refractivity contribution in [3.8, 4) is 0 Å². The number of carbonyl (C=O) groups excluding carboxylic acids is 2. The van der Waals surface area contributed by atoms with Gasteiger partial charge in [-0.3, -0.25) is 9.59 Å². The van der Waals surface area contributed by atoms with Crippen LogP contribution < -0.4 is 10.6 Å². The van der Waals surface area contributed by atoms with Crippen LogP contribution in [0.3, 0.4) is 0 Å². The van der Waals surface area contributed by atoms with Crippen molar-refractivity contribution in [1.82, 2.24) is 20.6 Å². The first-order valence-electron chi connectivity index (χ1n) is 8.08. The summed E-state index contributed by atoms with van der Waals surface area (Å²) in [5.74, 6) is -0.663. The average molecular weight is 448 g/mol. The molecular weight excluding hydrogens is 434 g/mol. The molecule has 142 valence electrons. The number of halogens is 4. The number of amides is 2. The molecule has 2 aromatic rings. The third-order valence-corrected chi connectivity index (χ3v) is 5.08. The summed E-state index contributed by atoms with van der Waals surface area (Å²) < 4.78 is 0. The summed E-state index contributed by atoms with van der Waals surface area (Å²) >= 11 is 23.7. The summed E-state index contributed by atoms with van der Waals surface area (Å²) in [5.41, 5.74) is 0.0743. The zero-order valence-corrected chi connectivity index (χ0v) is 16.8. The van der Waals surface area contributed by atoms with Gasteiger partial charge in [-0.05, 0) is 43.0 Å². The molecule has 3 rings (SSSR count). The zero-order chi connectivity index (χ0) is 19.6. The van der Waals surface area contributed by atoms with Crippen molar-refractivity contribution in [2.45, 2.75) is 18.9 Å². The molecule has 0 aromatic carbocycles. The standard InChI is InChI=1S/C17H14Cl4N4O2/c18-9-3-5-12(20)24-14(9)16(26)22-7-11(8-1-2-8)23-17(27)15-10(19)4-6-13(21)25-15/h3-6,8,11H,1-2,7H2,(H,22,26)(H,23,27). The quantitative estimate of drug-likeness (QED) is 0.654. The molecule has 0 bridgehead atoms. The number of hydrogen-bond acceptors (Lipinski definition) is 4. The highest BCUT2D eigenvalue weighted by Crippen LogP contribution is 2.32. The Bertz CT molecular complexity index is 889. The molecule has 1 saturated carbocycles. The average Bonchev–Trinajstić information content (AvgIpc) is 3.47. The number of aromatic nitrogens is 2. The number of pyridine rings is 2. The molecule has 1 aliphatic rings. The highest BCUT2D eigenvalue weighted by atomic mass is 35.5. The maximum atomic E-state index is 12.5. The highest BCUT2D eigenvalue weighted by molar-refractivity contribution is 6.35. The predicted molar refractivity (Wildman–Crippen MR) is 105 cm³/mol. The molecule has 2 amide bonds. The second-order valence-corrected chi connectivity index (χ2v) is 7.65. The van der Waals surface area contributed by atoms with Gasteiger partial charge < -0.3 is 10.6 Å². The lowest BCUT2D eigenvalue weighted by Crippen LogP contribution is -2.45. The number of hydrogen-bond donors (Lipinski definition) is 2. The van der Waals surface area contributed by atoms with Gasteiger partial charge in [0.25, 0.3) is 11.8 Å². The fourth-order valence-corrected chi connectivity index (χ4v) is 3.19. The molecule has 2 aromatic heterocycles. The summed E-state index contributed by atoms with van der Waals surface area (Å²) in [6.45, 7) is 0.206. The molecule has 1 atom stereocenters. The van der Waals surface area contributed by atoms with Crippen LogP contribution in [-0.2, 0) is 0 Å². The van der Waals surface area contributed by atoms with E-state index in [1.807, 2.05) is 0 Å². The van der Waals surface area contributed by atoms with Crippen molar-refractivity contribution in [3.63, 3.8) is 0 Å². The third-order valence-electron chi connectivity index (χ3n) is 4.04. The Labute approximate surface area is 175 Å². The van der Waals surface area contributed by atoms with Gasteiger partial charge in [0.15, 0.2) is 0 Å². The van der Waals surface area contributed by atoms with E-state index in [0.717, 1.165) is 12.8 Å². The summed E-state index contributed by atoms with van der Waals surface area (Å²) in [4.78, 5) is 32.7.